The third-order valence-corrected chi connectivity index (χ3v) is 18.7. The second kappa shape index (κ2) is 16.9. The van der Waals surface area contributed by atoms with Crippen LogP contribution in [0.2, 0.25) is 12.1 Å². The molecule has 0 aliphatic carbocycles. The van der Waals surface area contributed by atoms with E-state index in [4.69, 9.17) is 36.5 Å². The summed E-state index contributed by atoms with van der Waals surface area (Å²) < 4.78 is 37.0. The Bertz CT molecular complexity index is 1820. The van der Waals surface area contributed by atoms with Gasteiger partial charge < -0.3 is 26.6 Å². The van der Waals surface area contributed by atoms with E-state index in [0.717, 1.165) is 64.2 Å². The van der Waals surface area contributed by atoms with Crippen molar-refractivity contribution in [3.05, 3.63) is 96.1 Å². The molecule has 0 unspecified atom stereocenters. The minimum absolute atomic E-state index is 0.648. The number of nitrogens with zero attached hydrogens (tertiary/aromatic N) is 2. The van der Waals surface area contributed by atoms with Crippen molar-refractivity contribution in [3.63, 3.8) is 0 Å². The van der Waals surface area contributed by atoms with Crippen LogP contribution < -0.4 is 0 Å². The lowest BCUT2D eigenvalue weighted by atomic mass is 10.1. The Hall–Kier alpha value is -2.45. The van der Waals surface area contributed by atoms with Crippen LogP contribution in [0.5, 0.6) is 0 Å². The summed E-state index contributed by atoms with van der Waals surface area (Å²) in [6.45, 7) is 0. The molecule has 0 fully saturated rings. The fourth-order valence-electron chi connectivity index (χ4n) is 5.93. The first-order valence-electron chi connectivity index (χ1n) is 16.0. The molecule has 0 bridgehead atoms. The Morgan fingerprint density at radius 2 is 0.880 bits per heavy atom. The number of benzene rings is 4. The summed E-state index contributed by atoms with van der Waals surface area (Å²) in [7, 11) is 7.86. The highest BCUT2D eigenvalue weighted by molar-refractivity contribution is 8.76. The molecule has 0 aliphatic heterocycles. The van der Waals surface area contributed by atoms with Crippen molar-refractivity contribution in [2.24, 2.45) is 0 Å². The molecule has 262 valence electrons. The van der Waals surface area contributed by atoms with Crippen LogP contribution in [0.15, 0.2) is 94.7 Å². The predicted molar refractivity (Wildman–Crippen MR) is 212 cm³/mol. The van der Waals surface area contributed by atoms with Gasteiger partial charge in [0.1, 0.15) is 10.0 Å². The van der Waals surface area contributed by atoms with Crippen LogP contribution in [0.25, 0.3) is 41.6 Å². The van der Waals surface area contributed by atoms with Crippen molar-refractivity contribution in [1.82, 2.24) is 9.97 Å². The van der Waals surface area contributed by atoms with Gasteiger partial charge in [-0.3, -0.25) is 0 Å². The van der Waals surface area contributed by atoms with Crippen molar-refractivity contribution in [2.45, 2.75) is 34.7 Å². The summed E-state index contributed by atoms with van der Waals surface area (Å²) in [5.41, 5.74) is 6.61. The molecule has 6 rings (SSSR count). The third kappa shape index (κ3) is 7.96. The van der Waals surface area contributed by atoms with Crippen LogP contribution in [-0.4, -0.2) is 70.2 Å². The Balaban J connectivity index is 1.40. The minimum Gasteiger partial charge on any atom is -0.377 e. The monoisotopic (exact) mass is 780 g/mol. The van der Waals surface area contributed by atoms with E-state index in [1.165, 1.54) is 11.1 Å². The fourth-order valence-corrected chi connectivity index (χ4v) is 14.0. The van der Waals surface area contributed by atoms with Crippen LogP contribution in [0, 0.1) is 0 Å². The van der Waals surface area contributed by atoms with Gasteiger partial charge in [-0.25, -0.2) is 9.97 Å². The first kappa shape index (κ1) is 37.3. The number of hydrogen-bond donors (Lipinski definition) is 0. The van der Waals surface area contributed by atoms with E-state index in [2.05, 4.69) is 72.8 Å². The van der Waals surface area contributed by atoms with Crippen molar-refractivity contribution < 1.29 is 26.6 Å². The molecule has 50 heavy (non-hydrogen) atoms. The van der Waals surface area contributed by atoms with Crippen molar-refractivity contribution in [3.8, 4) is 21.1 Å². The lowest BCUT2D eigenvalue weighted by Crippen LogP contribution is -2.43. The average Bonchev–Trinajstić information content (AvgIpc) is 3.80. The van der Waals surface area contributed by atoms with Crippen LogP contribution in [0.3, 0.4) is 0 Å². The first-order chi connectivity index (χ1) is 24.4. The quantitative estimate of drug-likeness (QED) is 0.0659. The number of thiazole rings is 2. The molecule has 2 heterocycles. The maximum atomic E-state index is 5.78. The molecule has 0 aliphatic rings. The van der Waals surface area contributed by atoms with Gasteiger partial charge in [0.05, 0.1) is 20.4 Å². The second-order valence-corrected chi connectivity index (χ2v) is 21.8. The number of rotatable bonds is 17. The largest absolute Gasteiger partial charge is 0.500 e. The summed E-state index contributed by atoms with van der Waals surface area (Å²) in [5, 5.41) is 1.98. The van der Waals surface area contributed by atoms with E-state index in [0.29, 0.717) is 12.1 Å². The minimum atomic E-state index is -2.80. The number of aryl methyl sites for hydroxylation is 2. The molecule has 0 amide bonds. The number of aromatic nitrogens is 2. The van der Waals surface area contributed by atoms with Crippen LogP contribution in [0.1, 0.15) is 11.1 Å². The molecule has 0 atom stereocenters. The summed E-state index contributed by atoms with van der Waals surface area (Å²) >= 11 is 3.43. The lowest BCUT2D eigenvalue weighted by molar-refractivity contribution is 0.123. The molecule has 4 aromatic carbocycles. The van der Waals surface area contributed by atoms with Crippen molar-refractivity contribution >= 4 is 82.3 Å². The Labute approximate surface area is 311 Å². The summed E-state index contributed by atoms with van der Waals surface area (Å²) in [4.78, 5) is 12.5. The van der Waals surface area contributed by atoms with E-state index in [1.807, 2.05) is 12.1 Å². The number of fused-ring (bicyclic) bond motifs is 2. The van der Waals surface area contributed by atoms with Crippen LogP contribution in [-0.2, 0) is 39.4 Å². The van der Waals surface area contributed by atoms with Crippen molar-refractivity contribution in [1.29, 1.82) is 0 Å². The Kier molecular flexibility index (Phi) is 12.6. The summed E-state index contributed by atoms with van der Waals surface area (Å²) in [5.74, 6) is 0. The molecule has 0 N–H and O–H groups in total. The van der Waals surface area contributed by atoms with Crippen molar-refractivity contribution in [2.75, 3.05) is 42.7 Å². The first-order valence-corrected chi connectivity index (χ1v) is 23.7. The van der Waals surface area contributed by atoms with Gasteiger partial charge >= 0.3 is 17.6 Å². The highest BCUT2D eigenvalue weighted by Gasteiger charge is 2.38. The summed E-state index contributed by atoms with van der Waals surface area (Å²) in [6.07, 6.45) is 1.45. The third-order valence-electron chi connectivity index (χ3n) is 8.73. The molecular formula is C36H40N2O6S4Si2. The van der Waals surface area contributed by atoms with Gasteiger partial charge in [-0.1, -0.05) is 70.1 Å². The fraction of sp³-hybridized carbons (Fsp3) is 0.278. The zero-order valence-corrected chi connectivity index (χ0v) is 34.2. The SMILES string of the molecule is CO[Si](CCc1cccc(SSc2cccc(CC[Si](OC)(OC)OC)c2-c2nc3ccccc3s2)c1-c1nc2ccccc2s1)(OC)OC. The molecule has 2 aromatic heterocycles. The van der Waals surface area contributed by atoms with E-state index in [-0.39, 0.29) is 0 Å². The molecule has 8 nitrogen and oxygen atoms in total. The molecule has 0 saturated heterocycles. The number of hydrogen-bond acceptors (Lipinski definition) is 12. The Morgan fingerprint density at radius 1 is 0.500 bits per heavy atom. The molecule has 0 radical (unpaired) electrons. The summed E-state index contributed by atoms with van der Waals surface area (Å²) in [6, 6.07) is 30.9. The zero-order chi connectivity index (χ0) is 35.1. The Morgan fingerprint density at radius 3 is 1.24 bits per heavy atom. The van der Waals surface area contributed by atoms with Gasteiger partial charge in [0.25, 0.3) is 0 Å². The van der Waals surface area contributed by atoms with Gasteiger partial charge in [0.15, 0.2) is 0 Å². The molecular weight excluding hydrogens is 741 g/mol. The van der Waals surface area contributed by atoms with E-state index in [9.17, 15) is 0 Å². The maximum Gasteiger partial charge on any atom is 0.500 e. The molecule has 6 aromatic rings. The molecule has 0 saturated carbocycles. The zero-order valence-electron chi connectivity index (χ0n) is 28.9. The number of para-hydroxylation sites is 2. The van der Waals surface area contributed by atoms with Crippen LogP contribution in [0.4, 0.5) is 0 Å². The standard InChI is InChI=1S/C36H40N2O6S4Si2/c1-39-49(40-2,41-3)23-21-25-13-11-19-31(33(25)35-37-27-15-7-9-17-29(27)45-35)47-48-32-20-12-14-26(22-24-50(42-4,43-5)44-6)34(32)36-38-28-16-8-10-18-30(28)46-36/h7-20H,21-24H2,1-6H3. The van der Waals surface area contributed by atoms with Crippen LogP contribution >= 0.6 is 44.3 Å². The predicted octanol–water partition coefficient (Wildman–Crippen LogP) is 9.88. The molecule has 14 heteroatoms. The highest BCUT2D eigenvalue weighted by Crippen LogP contribution is 2.49. The molecule has 0 spiro atoms. The van der Waals surface area contributed by atoms with E-state index >= 15 is 0 Å². The topological polar surface area (TPSA) is 81.2 Å². The average molecular weight is 781 g/mol. The second-order valence-electron chi connectivity index (χ2n) is 11.3. The maximum absolute atomic E-state index is 5.78. The highest BCUT2D eigenvalue weighted by atomic mass is 33.1. The smallest absolute Gasteiger partial charge is 0.377 e. The van der Waals surface area contributed by atoms with Gasteiger partial charge in [-0.05, 0) is 60.4 Å². The van der Waals surface area contributed by atoms with Gasteiger partial charge in [-0.15, -0.1) is 22.7 Å². The normalized spacial score (nSPS) is 12.4. The van der Waals surface area contributed by atoms with Gasteiger partial charge in [0, 0.05) is 75.7 Å². The van der Waals surface area contributed by atoms with E-state index in [1.54, 1.807) is 86.9 Å². The van der Waals surface area contributed by atoms with Gasteiger partial charge in [0.2, 0.25) is 0 Å². The van der Waals surface area contributed by atoms with E-state index < -0.39 is 17.6 Å². The van der Waals surface area contributed by atoms with Gasteiger partial charge in [-0.2, -0.15) is 0 Å². The lowest BCUT2D eigenvalue weighted by Gasteiger charge is -2.25.